The Morgan fingerprint density at radius 2 is 1.80 bits per heavy atom. The van der Waals surface area contributed by atoms with Gasteiger partial charge in [-0.15, -0.1) is 0 Å². The number of piperazine rings is 1. The van der Waals surface area contributed by atoms with Crippen molar-refractivity contribution in [2.45, 2.75) is 0 Å². The van der Waals surface area contributed by atoms with Crippen LogP contribution in [0.5, 0.6) is 0 Å². The van der Waals surface area contributed by atoms with Gasteiger partial charge in [-0.25, -0.2) is 0 Å². The third kappa shape index (κ3) is 4.49. The number of carbonyl (C=O) groups is 3. The third-order valence-corrected chi connectivity index (χ3v) is 5.90. The molecule has 154 valence electrons. The molecular weight excluding hydrogens is 402 g/mol. The lowest BCUT2D eigenvalue weighted by atomic mass is 10.2. The van der Waals surface area contributed by atoms with Gasteiger partial charge < -0.3 is 14.2 Å². The molecule has 0 bridgehead atoms. The van der Waals surface area contributed by atoms with Crippen LogP contribution in [-0.2, 0) is 9.59 Å². The summed E-state index contributed by atoms with van der Waals surface area (Å²) >= 11 is 0.843. The number of thioether (sulfide) groups is 1. The molecule has 7 nitrogen and oxygen atoms in total. The summed E-state index contributed by atoms with van der Waals surface area (Å²) in [5.74, 6) is -0.00180. The van der Waals surface area contributed by atoms with Crippen LogP contribution in [0, 0.1) is 0 Å². The molecule has 0 unspecified atom stereocenters. The maximum absolute atomic E-state index is 12.7. The zero-order valence-corrected chi connectivity index (χ0v) is 17.1. The van der Waals surface area contributed by atoms with E-state index in [0.29, 0.717) is 23.8 Å². The van der Waals surface area contributed by atoms with E-state index in [1.807, 2.05) is 30.3 Å². The van der Waals surface area contributed by atoms with Crippen LogP contribution >= 0.6 is 11.8 Å². The summed E-state index contributed by atoms with van der Waals surface area (Å²) in [6, 6.07) is 13.6. The summed E-state index contributed by atoms with van der Waals surface area (Å²) in [6.45, 7) is 2.33. The molecular formula is C22H21N3O4S. The molecule has 0 radical (unpaired) electrons. The van der Waals surface area contributed by atoms with E-state index in [2.05, 4.69) is 4.90 Å². The Balaban J connectivity index is 1.32. The Hall–Kier alpha value is -3.26. The van der Waals surface area contributed by atoms with Crippen LogP contribution in [0.3, 0.4) is 0 Å². The predicted molar refractivity (Wildman–Crippen MR) is 116 cm³/mol. The fourth-order valence-electron chi connectivity index (χ4n) is 3.35. The van der Waals surface area contributed by atoms with Crippen molar-refractivity contribution in [3.05, 3.63) is 71.5 Å². The second-order valence-corrected chi connectivity index (χ2v) is 7.86. The van der Waals surface area contributed by atoms with Gasteiger partial charge in [-0.3, -0.25) is 19.3 Å². The molecule has 3 amide bonds. The van der Waals surface area contributed by atoms with E-state index in [1.165, 1.54) is 0 Å². The second-order valence-electron chi connectivity index (χ2n) is 6.87. The maximum atomic E-state index is 12.7. The molecule has 4 rings (SSSR count). The van der Waals surface area contributed by atoms with Gasteiger partial charge in [0.2, 0.25) is 5.91 Å². The summed E-state index contributed by atoms with van der Waals surface area (Å²) in [4.78, 5) is 42.7. The number of rotatable bonds is 5. The lowest BCUT2D eigenvalue weighted by molar-refractivity contribution is -0.136. The van der Waals surface area contributed by atoms with Crippen molar-refractivity contribution in [2.75, 3.05) is 37.6 Å². The first-order valence-corrected chi connectivity index (χ1v) is 10.5. The molecule has 1 aromatic carbocycles. The van der Waals surface area contributed by atoms with E-state index in [9.17, 15) is 14.4 Å². The van der Waals surface area contributed by atoms with Crippen molar-refractivity contribution in [1.82, 2.24) is 9.80 Å². The predicted octanol–water partition coefficient (Wildman–Crippen LogP) is 3.22. The fourth-order valence-corrected chi connectivity index (χ4v) is 4.14. The van der Waals surface area contributed by atoms with Crippen molar-refractivity contribution in [1.29, 1.82) is 0 Å². The van der Waals surface area contributed by atoms with Crippen LogP contribution in [0.1, 0.15) is 5.76 Å². The van der Waals surface area contributed by atoms with Crippen molar-refractivity contribution < 1.29 is 18.8 Å². The largest absolute Gasteiger partial charge is 0.465 e. The van der Waals surface area contributed by atoms with Gasteiger partial charge in [-0.05, 0) is 48.2 Å². The van der Waals surface area contributed by atoms with Crippen LogP contribution in [0.15, 0.2) is 70.2 Å². The van der Waals surface area contributed by atoms with E-state index in [1.54, 1.807) is 41.5 Å². The zero-order valence-electron chi connectivity index (χ0n) is 16.3. The SMILES string of the molecule is O=C(CN1C(=O)SC(=CC=Cc2ccco2)C1=O)N1CCN(c2ccccc2)CC1. The average Bonchev–Trinajstić information content (AvgIpc) is 3.38. The van der Waals surface area contributed by atoms with Gasteiger partial charge in [0.25, 0.3) is 11.1 Å². The highest BCUT2D eigenvalue weighted by Crippen LogP contribution is 2.30. The van der Waals surface area contributed by atoms with Crippen LogP contribution in [0.4, 0.5) is 10.5 Å². The molecule has 3 heterocycles. The minimum atomic E-state index is -0.439. The Morgan fingerprint density at radius 1 is 1.03 bits per heavy atom. The molecule has 8 heteroatoms. The first kappa shape index (κ1) is 20.0. The van der Waals surface area contributed by atoms with Crippen LogP contribution in [0.2, 0.25) is 0 Å². The molecule has 0 N–H and O–H groups in total. The standard InChI is InChI=1S/C22H21N3O4S/c26-20(24-13-11-23(12-14-24)17-6-2-1-3-7-17)16-25-21(27)19(30-22(25)28)10-4-8-18-9-5-15-29-18/h1-10,15H,11-14,16H2. The molecule has 30 heavy (non-hydrogen) atoms. The molecule has 2 saturated heterocycles. The summed E-state index contributed by atoms with van der Waals surface area (Å²) in [6.07, 6.45) is 6.47. The quantitative estimate of drug-likeness (QED) is 0.688. The minimum absolute atomic E-state index is 0.211. The highest BCUT2D eigenvalue weighted by Gasteiger charge is 2.37. The van der Waals surface area contributed by atoms with E-state index in [0.717, 1.165) is 35.4 Å². The average molecular weight is 423 g/mol. The number of carbonyl (C=O) groups excluding carboxylic acids is 3. The van der Waals surface area contributed by atoms with Crippen LogP contribution in [-0.4, -0.2) is 59.6 Å². The smallest absolute Gasteiger partial charge is 0.294 e. The molecule has 0 spiro atoms. The van der Waals surface area contributed by atoms with Gasteiger partial charge in [-0.1, -0.05) is 24.3 Å². The topological polar surface area (TPSA) is 74.1 Å². The van der Waals surface area contributed by atoms with Gasteiger partial charge in [0.15, 0.2) is 0 Å². The van der Waals surface area contributed by atoms with Crippen molar-refractivity contribution in [3.8, 4) is 0 Å². The molecule has 0 saturated carbocycles. The number of anilines is 1. The van der Waals surface area contributed by atoms with Crippen molar-refractivity contribution in [3.63, 3.8) is 0 Å². The van der Waals surface area contributed by atoms with Crippen LogP contribution < -0.4 is 4.90 Å². The fraction of sp³-hybridized carbons (Fsp3) is 0.227. The third-order valence-electron chi connectivity index (χ3n) is 4.97. The number of furan rings is 1. The lowest BCUT2D eigenvalue weighted by Crippen LogP contribution is -2.51. The maximum Gasteiger partial charge on any atom is 0.294 e. The summed E-state index contributed by atoms with van der Waals surface area (Å²) < 4.78 is 5.18. The molecule has 1 aromatic heterocycles. The number of hydrogen-bond donors (Lipinski definition) is 0. The molecule has 2 fully saturated rings. The summed E-state index contributed by atoms with van der Waals surface area (Å²) in [5.41, 5.74) is 1.13. The van der Waals surface area contributed by atoms with Gasteiger partial charge in [0.05, 0.1) is 11.2 Å². The number of nitrogens with zero attached hydrogens (tertiary/aromatic N) is 3. The van der Waals surface area contributed by atoms with Gasteiger partial charge in [0, 0.05) is 31.9 Å². The van der Waals surface area contributed by atoms with E-state index < -0.39 is 11.1 Å². The van der Waals surface area contributed by atoms with Crippen LogP contribution in [0.25, 0.3) is 6.08 Å². The summed E-state index contributed by atoms with van der Waals surface area (Å²) in [5, 5.41) is -0.422. The van der Waals surface area contributed by atoms with Gasteiger partial charge >= 0.3 is 0 Å². The monoisotopic (exact) mass is 423 g/mol. The Kier molecular flexibility index (Phi) is 6.04. The highest BCUT2D eigenvalue weighted by atomic mass is 32.2. The van der Waals surface area contributed by atoms with Crippen molar-refractivity contribution in [2.24, 2.45) is 0 Å². The van der Waals surface area contributed by atoms with Crippen molar-refractivity contribution >= 4 is 40.6 Å². The zero-order chi connectivity index (χ0) is 20.9. The first-order valence-electron chi connectivity index (χ1n) is 9.65. The molecule has 2 aromatic rings. The minimum Gasteiger partial charge on any atom is -0.465 e. The van der Waals surface area contributed by atoms with E-state index >= 15 is 0 Å². The number of hydrogen-bond acceptors (Lipinski definition) is 6. The highest BCUT2D eigenvalue weighted by molar-refractivity contribution is 8.18. The molecule has 2 aliphatic rings. The normalized spacial score (nSPS) is 18.8. The van der Waals surface area contributed by atoms with E-state index in [4.69, 9.17) is 4.42 Å². The van der Waals surface area contributed by atoms with Gasteiger partial charge in [0.1, 0.15) is 12.3 Å². The van der Waals surface area contributed by atoms with Gasteiger partial charge in [-0.2, -0.15) is 0 Å². The lowest BCUT2D eigenvalue weighted by Gasteiger charge is -2.36. The number of para-hydroxylation sites is 1. The number of amides is 3. The number of benzene rings is 1. The molecule has 2 aliphatic heterocycles. The Bertz CT molecular complexity index is 977. The van der Waals surface area contributed by atoms with E-state index in [-0.39, 0.29) is 12.5 Å². The number of allylic oxidation sites excluding steroid dienone is 2. The molecule has 0 atom stereocenters. The molecule has 0 aliphatic carbocycles. The Labute approximate surface area is 178 Å². The Morgan fingerprint density at radius 3 is 2.50 bits per heavy atom. The first-order chi connectivity index (χ1) is 14.6. The summed E-state index contributed by atoms with van der Waals surface area (Å²) in [7, 11) is 0. The second kappa shape index (κ2) is 9.04. The number of imide groups is 1.